The van der Waals surface area contributed by atoms with Crippen LogP contribution in [-0.4, -0.2) is 31.0 Å². The Kier molecular flexibility index (Phi) is 6.82. The Morgan fingerprint density at radius 3 is 2.38 bits per heavy atom. The summed E-state index contributed by atoms with van der Waals surface area (Å²) in [6, 6.07) is 0. The van der Waals surface area contributed by atoms with Gasteiger partial charge in [-0.3, -0.25) is 4.79 Å². The summed E-state index contributed by atoms with van der Waals surface area (Å²) in [6.07, 6.45) is 1.68. The van der Waals surface area contributed by atoms with E-state index in [0.717, 1.165) is 13.0 Å². The largest absolute Gasteiger partial charge is 0.302 e. The van der Waals surface area contributed by atoms with Gasteiger partial charge < -0.3 is 4.84 Å². The lowest BCUT2D eigenvalue weighted by atomic mass is 10.1. The zero-order valence-corrected chi connectivity index (χ0v) is 9.17. The molecule has 0 amide bonds. The molecule has 3 nitrogen and oxygen atoms in total. The molecule has 0 aliphatic carbocycles. The van der Waals surface area contributed by atoms with E-state index in [9.17, 15) is 4.79 Å². The van der Waals surface area contributed by atoms with Gasteiger partial charge in [0.25, 0.3) is 0 Å². The maximum absolute atomic E-state index is 10.7. The summed E-state index contributed by atoms with van der Waals surface area (Å²) in [7, 11) is 1.65. The van der Waals surface area contributed by atoms with Crippen molar-refractivity contribution in [2.75, 3.05) is 20.2 Å². The van der Waals surface area contributed by atoms with Crippen LogP contribution < -0.4 is 0 Å². The molecule has 0 radical (unpaired) electrons. The van der Waals surface area contributed by atoms with Gasteiger partial charge in [-0.1, -0.05) is 13.8 Å². The Balaban J connectivity index is 3.57. The molecule has 0 aliphatic rings. The van der Waals surface area contributed by atoms with E-state index in [1.807, 2.05) is 5.06 Å². The van der Waals surface area contributed by atoms with Gasteiger partial charge >= 0.3 is 0 Å². The molecule has 0 fully saturated rings. The summed E-state index contributed by atoms with van der Waals surface area (Å²) in [5, 5.41) is 1.85. The highest BCUT2D eigenvalue weighted by Crippen LogP contribution is 2.02. The molecule has 0 spiro atoms. The SMILES string of the molecule is CON(CCC(C)=O)CCC(C)C. The Bertz CT molecular complexity index is 146. The van der Waals surface area contributed by atoms with Gasteiger partial charge in [0.15, 0.2) is 0 Å². The molecule has 0 bridgehead atoms. The van der Waals surface area contributed by atoms with Crippen molar-refractivity contribution < 1.29 is 9.63 Å². The predicted molar refractivity (Wildman–Crippen MR) is 53.3 cm³/mol. The Labute approximate surface area is 81.0 Å². The lowest BCUT2D eigenvalue weighted by molar-refractivity contribution is -0.139. The van der Waals surface area contributed by atoms with Crippen LogP contribution in [0.4, 0.5) is 0 Å². The van der Waals surface area contributed by atoms with Crippen molar-refractivity contribution in [2.45, 2.75) is 33.6 Å². The van der Waals surface area contributed by atoms with E-state index in [1.165, 1.54) is 0 Å². The van der Waals surface area contributed by atoms with Gasteiger partial charge in [-0.25, -0.2) is 0 Å². The van der Waals surface area contributed by atoms with E-state index in [2.05, 4.69) is 13.8 Å². The standard InChI is InChI=1S/C10H21NO2/c1-9(2)5-7-11(13-4)8-6-10(3)12/h9H,5-8H2,1-4H3. The molecular formula is C10H21NO2. The average Bonchev–Trinajstić information content (AvgIpc) is 2.04. The van der Waals surface area contributed by atoms with Gasteiger partial charge in [0.1, 0.15) is 5.78 Å². The number of carbonyl (C=O) groups is 1. The van der Waals surface area contributed by atoms with Crippen molar-refractivity contribution in [2.24, 2.45) is 5.92 Å². The first kappa shape index (κ1) is 12.6. The first-order valence-electron chi connectivity index (χ1n) is 4.84. The van der Waals surface area contributed by atoms with Crippen LogP contribution >= 0.6 is 0 Å². The van der Waals surface area contributed by atoms with Crippen LogP contribution in [0, 0.1) is 5.92 Å². The molecule has 0 aromatic rings. The second-order valence-corrected chi connectivity index (χ2v) is 3.75. The fourth-order valence-corrected chi connectivity index (χ4v) is 0.979. The van der Waals surface area contributed by atoms with Crippen molar-refractivity contribution in [1.82, 2.24) is 5.06 Å². The van der Waals surface area contributed by atoms with Gasteiger partial charge in [0, 0.05) is 19.5 Å². The molecule has 0 saturated carbocycles. The second-order valence-electron chi connectivity index (χ2n) is 3.75. The van der Waals surface area contributed by atoms with Crippen LogP contribution in [0.5, 0.6) is 0 Å². The van der Waals surface area contributed by atoms with E-state index in [1.54, 1.807) is 14.0 Å². The Morgan fingerprint density at radius 2 is 2.00 bits per heavy atom. The van der Waals surface area contributed by atoms with Crippen molar-refractivity contribution in [3.63, 3.8) is 0 Å². The number of hydrogen-bond donors (Lipinski definition) is 0. The number of nitrogens with zero attached hydrogens (tertiary/aromatic N) is 1. The fourth-order valence-electron chi connectivity index (χ4n) is 0.979. The average molecular weight is 187 g/mol. The van der Waals surface area contributed by atoms with Crippen molar-refractivity contribution >= 4 is 5.78 Å². The van der Waals surface area contributed by atoms with Crippen LogP contribution in [-0.2, 0) is 9.63 Å². The van der Waals surface area contributed by atoms with Gasteiger partial charge in [-0.2, -0.15) is 5.06 Å². The minimum Gasteiger partial charge on any atom is -0.302 e. The molecule has 0 atom stereocenters. The highest BCUT2D eigenvalue weighted by Gasteiger charge is 2.05. The van der Waals surface area contributed by atoms with Crippen LogP contribution in [0.3, 0.4) is 0 Å². The maximum Gasteiger partial charge on any atom is 0.131 e. The van der Waals surface area contributed by atoms with Crippen LogP contribution in [0.1, 0.15) is 33.6 Å². The van der Waals surface area contributed by atoms with Crippen molar-refractivity contribution in [1.29, 1.82) is 0 Å². The lowest BCUT2D eigenvalue weighted by Gasteiger charge is -2.19. The number of hydrogen-bond acceptors (Lipinski definition) is 3. The molecule has 3 heteroatoms. The van der Waals surface area contributed by atoms with E-state index in [0.29, 0.717) is 18.9 Å². The summed E-state index contributed by atoms with van der Waals surface area (Å²) >= 11 is 0. The summed E-state index contributed by atoms with van der Waals surface area (Å²) < 4.78 is 0. The van der Waals surface area contributed by atoms with Crippen molar-refractivity contribution in [3.8, 4) is 0 Å². The van der Waals surface area contributed by atoms with Gasteiger partial charge in [-0.15, -0.1) is 0 Å². The Hall–Kier alpha value is -0.410. The lowest BCUT2D eigenvalue weighted by Crippen LogP contribution is -2.26. The summed E-state index contributed by atoms with van der Waals surface area (Å²) in [4.78, 5) is 15.9. The molecule has 0 N–H and O–H groups in total. The number of hydroxylamine groups is 2. The predicted octanol–water partition coefficient (Wildman–Crippen LogP) is 1.87. The minimum atomic E-state index is 0.214. The number of ketones is 1. The number of rotatable bonds is 7. The topological polar surface area (TPSA) is 29.5 Å². The normalized spacial score (nSPS) is 11.2. The second kappa shape index (κ2) is 7.04. The van der Waals surface area contributed by atoms with E-state index in [4.69, 9.17) is 4.84 Å². The molecular weight excluding hydrogens is 166 g/mol. The highest BCUT2D eigenvalue weighted by atomic mass is 16.7. The first-order valence-corrected chi connectivity index (χ1v) is 4.84. The highest BCUT2D eigenvalue weighted by molar-refractivity contribution is 5.75. The molecule has 13 heavy (non-hydrogen) atoms. The molecule has 0 rings (SSSR count). The van der Waals surface area contributed by atoms with E-state index < -0.39 is 0 Å². The number of carbonyl (C=O) groups excluding carboxylic acids is 1. The fraction of sp³-hybridized carbons (Fsp3) is 0.900. The molecule has 78 valence electrons. The minimum absolute atomic E-state index is 0.214. The summed E-state index contributed by atoms with van der Waals surface area (Å²) in [5.74, 6) is 0.890. The third-order valence-corrected chi connectivity index (χ3v) is 1.93. The first-order chi connectivity index (χ1) is 6.06. The molecule has 0 aromatic heterocycles. The smallest absolute Gasteiger partial charge is 0.131 e. The van der Waals surface area contributed by atoms with Gasteiger partial charge in [-0.05, 0) is 19.3 Å². The summed E-state index contributed by atoms with van der Waals surface area (Å²) in [6.45, 7) is 7.58. The van der Waals surface area contributed by atoms with Crippen LogP contribution in [0.2, 0.25) is 0 Å². The van der Waals surface area contributed by atoms with Gasteiger partial charge in [0.2, 0.25) is 0 Å². The van der Waals surface area contributed by atoms with Crippen LogP contribution in [0.15, 0.2) is 0 Å². The molecule has 0 heterocycles. The van der Waals surface area contributed by atoms with E-state index in [-0.39, 0.29) is 5.78 Å². The zero-order valence-electron chi connectivity index (χ0n) is 9.17. The third kappa shape index (κ3) is 7.94. The Morgan fingerprint density at radius 1 is 1.38 bits per heavy atom. The zero-order chi connectivity index (χ0) is 10.3. The van der Waals surface area contributed by atoms with Crippen molar-refractivity contribution in [3.05, 3.63) is 0 Å². The monoisotopic (exact) mass is 187 g/mol. The van der Waals surface area contributed by atoms with Crippen LogP contribution in [0.25, 0.3) is 0 Å². The third-order valence-electron chi connectivity index (χ3n) is 1.93. The molecule has 0 saturated heterocycles. The summed E-state index contributed by atoms with van der Waals surface area (Å²) in [5.41, 5.74) is 0. The van der Waals surface area contributed by atoms with Gasteiger partial charge in [0.05, 0.1) is 7.11 Å². The molecule has 0 unspecified atom stereocenters. The number of Topliss-reactive ketones (excluding diaryl/α,β-unsaturated/α-hetero) is 1. The van der Waals surface area contributed by atoms with E-state index >= 15 is 0 Å². The molecule has 0 aromatic carbocycles. The maximum atomic E-state index is 10.7. The quantitative estimate of drug-likeness (QED) is 0.570. The molecule has 0 aliphatic heterocycles.